The van der Waals surface area contributed by atoms with Crippen LogP contribution in [0.25, 0.3) is 6.08 Å². The van der Waals surface area contributed by atoms with Gasteiger partial charge in [0.05, 0.1) is 25.3 Å². The lowest BCUT2D eigenvalue weighted by Gasteiger charge is -2.12. The lowest BCUT2D eigenvalue weighted by atomic mass is 10.0. The zero-order valence-electron chi connectivity index (χ0n) is 14.7. The number of carbonyl (C=O) groups is 1. The molecule has 2 aromatic rings. The number of rotatable bonds is 7. The highest BCUT2D eigenvalue weighted by Gasteiger charge is 2.15. The molecule has 134 valence electrons. The molecule has 0 saturated carbocycles. The smallest absolute Gasteiger partial charge is 0.203 e. The molecule has 0 aliphatic carbocycles. The average Bonchev–Trinajstić information content (AvgIpc) is 2.65. The van der Waals surface area contributed by atoms with Crippen LogP contribution in [0.2, 0.25) is 0 Å². The van der Waals surface area contributed by atoms with E-state index in [0.717, 1.165) is 0 Å². The van der Waals surface area contributed by atoms with Gasteiger partial charge in [0.15, 0.2) is 11.5 Å². The van der Waals surface area contributed by atoms with Crippen LogP contribution in [0.3, 0.4) is 0 Å². The van der Waals surface area contributed by atoms with E-state index >= 15 is 0 Å². The number of nitriles is 1. The average molecular weight is 416 g/mol. The number of hydrogen-bond donors (Lipinski definition) is 0. The summed E-state index contributed by atoms with van der Waals surface area (Å²) in [6.07, 6.45) is 1.52. The summed E-state index contributed by atoms with van der Waals surface area (Å²) in [5.41, 5.74) is 1.04. The molecule has 5 nitrogen and oxygen atoms in total. The lowest BCUT2D eigenvalue weighted by Crippen LogP contribution is -2.02. The molecular weight excluding hydrogens is 398 g/mol. The maximum Gasteiger partial charge on any atom is 0.203 e. The summed E-state index contributed by atoms with van der Waals surface area (Å²) in [6.45, 7) is 2.33. The van der Waals surface area contributed by atoms with Gasteiger partial charge < -0.3 is 14.2 Å². The molecule has 0 aliphatic heterocycles. The van der Waals surface area contributed by atoms with Crippen molar-refractivity contribution in [3.8, 4) is 23.3 Å². The number of hydrogen-bond acceptors (Lipinski definition) is 5. The minimum absolute atomic E-state index is 0.0118. The second kappa shape index (κ2) is 9.07. The molecule has 0 amide bonds. The molecule has 0 N–H and O–H groups in total. The second-order valence-electron chi connectivity index (χ2n) is 5.20. The van der Waals surface area contributed by atoms with Crippen molar-refractivity contribution in [2.75, 3.05) is 20.8 Å². The summed E-state index contributed by atoms with van der Waals surface area (Å²) in [6, 6.07) is 12.1. The van der Waals surface area contributed by atoms with Crippen molar-refractivity contribution >= 4 is 27.8 Å². The third-order valence-electron chi connectivity index (χ3n) is 3.54. The Balaban J connectivity index is 2.45. The third-order valence-corrected chi connectivity index (χ3v) is 4.13. The summed E-state index contributed by atoms with van der Waals surface area (Å²) in [5.74, 6) is 1.26. The first-order valence-corrected chi connectivity index (χ1v) is 8.64. The van der Waals surface area contributed by atoms with Crippen LogP contribution in [0, 0.1) is 11.3 Å². The van der Waals surface area contributed by atoms with Crippen LogP contribution in [-0.4, -0.2) is 26.6 Å². The van der Waals surface area contributed by atoms with Crippen molar-refractivity contribution in [1.29, 1.82) is 5.26 Å². The fraction of sp³-hybridized carbons (Fsp3) is 0.200. The zero-order chi connectivity index (χ0) is 19.1. The maximum atomic E-state index is 12.7. The van der Waals surface area contributed by atoms with Gasteiger partial charge >= 0.3 is 0 Å². The monoisotopic (exact) mass is 415 g/mol. The topological polar surface area (TPSA) is 68.5 Å². The van der Waals surface area contributed by atoms with Crippen LogP contribution < -0.4 is 14.2 Å². The van der Waals surface area contributed by atoms with Crippen LogP contribution in [0.15, 0.2) is 46.4 Å². The van der Waals surface area contributed by atoms with Crippen molar-refractivity contribution in [3.63, 3.8) is 0 Å². The SMILES string of the molecule is CCOc1cc(/C=C(\C#N)C(=O)c2cccc(OC)c2)cc(Br)c1OC. The summed E-state index contributed by atoms with van der Waals surface area (Å²) < 4.78 is 16.7. The largest absolute Gasteiger partial charge is 0.497 e. The molecule has 6 heteroatoms. The molecule has 0 aromatic heterocycles. The first kappa shape index (κ1) is 19.5. The van der Waals surface area contributed by atoms with E-state index in [0.29, 0.717) is 39.5 Å². The summed E-state index contributed by atoms with van der Waals surface area (Å²) in [5, 5.41) is 9.45. The molecule has 2 rings (SSSR count). The number of carbonyl (C=O) groups excluding carboxylic acids is 1. The molecule has 0 saturated heterocycles. The molecule has 0 radical (unpaired) electrons. The Bertz CT molecular complexity index is 884. The van der Waals surface area contributed by atoms with Crippen LogP contribution in [0.5, 0.6) is 17.2 Å². The van der Waals surface area contributed by atoms with Gasteiger partial charge in [-0.25, -0.2) is 0 Å². The maximum absolute atomic E-state index is 12.7. The van der Waals surface area contributed by atoms with E-state index in [1.54, 1.807) is 43.5 Å². The number of ketones is 1. The molecule has 0 fully saturated rings. The zero-order valence-corrected chi connectivity index (χ0v) is 16.3. The van der Waals surface area contributed by atoms with Gasteiger partial charge in [0.2, 0.25) is 5.78 Å². The summed E-state index contributed by atoms with van der Waals surface area (Å²) in [7, 11) is 3.07. The van der Waals surface area contributed by atoms with Crippen molar-refractivity contribution in [1.82, 2.24) is 0 Å². The second-order valence-corrected chi connectivity index (χ2v) is 6.05. The molecule has 0 heterocycles. The molecule has 0 unspecified atom stereocenters. The van der Waals surface area contributed by atoms with Crippen molar-refractivity contribution in [3.05, 3.63) is 57.6 Å². The third kappa shape index (κ3) is 4.44. The van der Waals surface area contributed by atoms with Crippen LogP contribution >= 0.6 is 15.9 Å². The molecule has 0 atom stereocenters. The van der Waals surface area contributed by atoms with E-state index in [9.17, 15) is 10.1 Å². The first-order valence-electron chi connectivity index (χ1n) is 7.84. The van der Waals surface area contributed by atoms with E-state index in [-0.39, 0.29) is 11.4 Å². The Morgan fingerprint density at radius 3 is 2.62 bits per heavy atom. The lowest BCUT2D eigenvalue weighted by molar-refractivity contribution is 0.103. The van der Waals surface area contributed by atoms with Crippen molar-refractivity contribution < 1.29 is 19.0 Å². The highest BCUT2D eigenvalue weighted by molar-refractivity contribution is 9.10. The molecule has 0 bridgehead atoms. The number of allylic oxidation sites excluding steroid dienone is 1. The van der Waals surface area contributed by atoms with Crippen LogP contribution in [0.4, 0.5) is 0 Å². The fourth-order valence-electron chi connectivity index (χ4n) is 2.37. The molecule has 0 spiro atoms. The quantitative estimate of drug-likeness (QED) is 0.373. The standard InChI is InChI=1S/C20H18BrNO4/c1-4-26-18-10-13(9-17(21)20(18)25-3)8-15(12-22)19(23)14-6-5-7-16(11-14)24-2/h5-11H,4H2,1-3H3/b15-8+. The Kier molecular flexibility index (Phi) is 6.81. The van der Waals surface area contributed by atoms with Gasteiger partial charge in [0, 0.05) is 5.56 Å². The predicted octanol–water partition coefficient (Wildman–Crippen LogP) is 4.65. The fourth-order valence-corrected chi connectivity index (χ4v) is 2.99. The normalized spacial score (nSPS) is 10.8. The molecule has 26 heavy (non-hydrogen) atoms. The minimum atomic E-state index is -0.378. The Labute approximate surface area is 160 Å². The van der Waals surface area contributed by atoms with Gasteiger partial charge in [0.1, 0.15) is 17.4 Å². The molecular formula is C20H18BrNO4. The van der Waals surface area contributed by atoms with Gasteiger partial charge in [0.25, 0.3) is 0 Å². The highest BCUT2D eigenvalue weighted by Crippen LogP contribution is 2.37. The summed E-state index contributed by atoms with van der Waals surface area (Å²) >= 11 is 3.42. The van der Waals surface area contributed by atoms with Crippen molar-refractivity contribution in [2.24, 2.45) is 0 Å². The number of halogens is 1. The van der Waals surface area contributed by atoms with Gasteiger partial charge in [-0.1, -0.05) is 12.1 Å². The van der Waals surface area contributed by atoms with E-state index < -0.39 is 0 Å². The van der Waals surface area contributed by atoms with Gasteiger partial charge in [-0.2, -0.15) is 5.26 Å². The Morgan fingerprint density at radius 1 is 1.23 bits per heavy atom. The van der Waals surface area contributed by atoms with Gasteiger partial charge in [-0.05, 0) is 58.8 Å². The van der Waals surface area contributed by atoms with Crippen molar-refractivity contribution in [2.45, 2.75) is 6.92 Å². The first-order chi connectivity index (χ1) is 12.5. The van der Waals surface area contributed by atoms with E-state index in [1.807, 2.05) is 13.0 Å². The Hall–Kier alpha value is -2.78. The number of benzene rings is 2. The highest BCUT2D eigenvalue weighted by atomic mass is 79.9. The van der Waals surface area contributed by atoms with E-state index in [4.69, 9.17) is 14.2 Å². The Morgan fingerprint density at radius 2 is 2.00 bits per heavy atom. The van der Waals surface area contributed by atoms with Gasteiger partial charge in [-0.3, -0.25) is 4.79 Å². The number of nitrogens with zero attached hydrogens (tertiary/aromatic N) is 1. The number of methoxy groups -OCH3 is 2. The van der Waals surface area contributed by atoms with Gasteiger partial charge in [-0.15, -0.1) is 0 Å². The van der Waals surface area contributed by atoms with Crippen LogP contribution in [0.1, 0.15) is 22.8 Å². The summed E-state index contributed by atoms with van der Waals surface area (Å²) in [4.78, 5) is 12.7. The van der Waals surface area contributed by atoms with E-state index in [1.165, 1.54) is 13.2 Å². The van der Waals surface area contributed by atoms with E-state index in [2.05, 4.69) is 15.9 Å². The predicted molar refractivity (Wildman–Crippen MR) is 103 cm³/mol. The number of Topliss-reactive ketones (excluding diaryl/α,β-unsaturated/α-hetero) is 1. The van der Waals surface area contributed by atoms with Crippen LogP contribution in [-0.2, 0) is 0 Å². The minimum Gasteiger partial charge on any atom is -0.497 e. The number of ether oxygens (including phenoxy) is 3. The molecule has 2 aromatic carbocycles. The molecule has 0 aliphatic rings.